The number of hydrogen-bond donors (Lipinski definition) is 6. The standard InChI is InChI=1S/C46H61N9O8S2/c1-23-20-29(28-12-10-18-53(28)45(35(58)51-39(60)61)37-49-30(21-64-37)42(45,7)24(2)33(47)56)55(27-16-14-26(15-17-27)41(4,5)6)44(23,9)32-13-11-19-54(32)46(36(59)52-40(62)63)38-50-31(22-65-38)43(46,8)25(3)34(48)57/h14-17,21-25,28-29,32H,10-13,18-20H2,1-9H3,(H2,47,56)(H2,48,57)(H,51,58)(H,52,59)(H,60,61)(H,62,63)/t23?,24?,25?,28?,29-,32?,42-,43-,44-,45+,46+/m1/s1. The van der Waals surface area contributed by atoms with E-state index >= 15 is 4.79 Å². The molecule has 65 heavy (non-hydrogen) atoms. The van der Waals surface area contributed by atoms with Crippen molar-refractivity contribution in [1.29, 1.82) is 0 Å². The number of fused-ring (bicyclic) bond motifs is 4. The van der Waals surface area contributed by atoms with Crippen LogP contribution >= 0.6 is 22.7 Å². The minimum atomic E-state index is -1.73. The summed E-state index contributed by atoms with van der Waals surface area (Å²) in [5, 5.41) is 29.1. The Morgan fingerprint density at radius 1 is 0.754 bits per heavy atom. The fraction of sp³-hybridized carbons (Fsp3) is 0.609. The second-order valence-electron chi connectivity index (χ2n) is 20.5. The van der Waals surface area contributed by atoms with E-state index in [4.69, 9.17) is 21.4 Å². The van der Waals surface area contributed by atoms with Crippen LogP contribution in [0.5, 0.6) is 0 Å². The Labute approximate surface area is 386 Å². The molecule has 0 radical (unpaired) electrons. The molecule has 11 atom stereocenters. The minimum Gasteiger partial charge on any atom is -0.465 e. The monoisotopic (exact) mass is 931 g/mol. The van der Waals surface area contributed by atoms with Gasteiger partial charge in [-0.25, -0.2) is 19.6 Å². The number of carbonyl (C=O) groups excluding carboxylic acids is 4. The van der Waals surface area contributed by atoms with Crippen LogP contribution in [0.4, 0.5) is 15.3 Å². The van der Waals surface area contributed by atoms with Gasteiger partial charge in [0.05, 0.1) is 27.8 Å². The summed E-state index contributed by atoms with van der Waals surface area (Å²) in [4.78, 5) is 97.9. The van der Waals surface area contributed by atoms with Crippen molar-refractivity contribution < 1.29 is 39.0 Å². The number of benzene rings is 1. The van der Waals surface area contributed by atoms with Gasteiger partial charge >= 0.3 is 12.2 Å². The molecule has 350 valence electrons. The average molecular weight is 932 g/mol. The largest absolute Gasteiger partial charge is 0.465 e. The number of hydrogen-bond acceptors (Lipinski definition) is 13. The van der Waals surface area contributed by atoms with Gasteiger partial charge < -0.3 is 26.6 Å². The molecule has 17 nitrogen and oxygen atoms in total. The first kappa shape index (κ1) is 46.5. The number of nitrogens with one attached hydrogen (secondary N) is 2. The molecule has 5 aliphatic rings. The number of imide groups is 2. The molecule has 0 spiro atoms. The van der Waals surface area contributed by atoms with Gasteiger partial charge in [-0.15, -0.1) is 22.7 Å². The fourth-order valence-electron chi connectivity index (χ4n) is 13.1. The van der Waals surface area contributed by atoms with E-state index in [1.165, 1.54) is 22.7 Å². The Morgan fingerprint density at radius 2 is 1.22 bits per heavy atom. The van der Waals surface area contributed by atoms with E-state index in [9.17, 15) is 34.2 Å². The number of thiazole rings is 2. The second-order valence-corrected chi connectivity index (χ2v) is 22.2. The van der Waals surface area contributed by atoms with Gasteiger partial charge in [0.15, 0.2) is 11.1 Å². The number of carbonyl (C=O) groups is 6. The third-order valence-corrected chi connectivity index (χ3v) is 18.8. The van der Waals surface area contributed by atoms with E-state index in [-0.39, 0.29) is 17.4 Å². The van der Waals surface area contributed by atoms with Crippen molar-refractivity contribution >= 4 is 64.2 Å². The normalized spacial score (nSPS) is 34.1. The van der Waals surface area contributed by atoms with Crippen LogP contribution in [-0.2, 0) is 46.5 Å². The number of primary amides is 2. The number of carboxylic acid groups (broad SMARTS) is 2. The molecule has 7 heterocycles. The topological polar surface area (TPSA) is 254 Å². The number of amides is 6. The van der Waals surface area contributed by atoms with Crippen LogP contribution in [0.15, 0.2) is 35.0 Å². The Bertz CT molecular complexity index is 2470. The Hall–Kier alpha value is -4.98. The molecule has 2 aromatic heterocycles. The van der Waals surface area contributed by atoms with E-state index < -0.39 is 87.2 Å². The lowest BCUT2D eigenvalue weighted by Gasteiger charge is -2.57. The molecule has 0 aliphatic carbocycles. The molecule has 19 heteroatoms. The van der Waals surface area contributed by atoms with Crippen LogP contribution in [0.3, 0.4) is 0 Å². The Kier molecular flexibility index (Phi) is 11.1. The zero-order valence-corrected chi connectivity index (χ0v) is 40.1. The quantitative estimate of drug-likeness (QED) is 0.149. The van der Waals surface area contributed by atoms with Crippen molar-refractivity contribution in [3.8, 4) is 0 Å². The van der Waals surface area contributed by atoms with Gasteiger partial charge in [0.25, 0.3) is 11.8 Å². The Morgan fingerprint density at radius 3 is 1.68 bits per heavy atom. The number of aromatic nitrogens is 2. The highest BCUT2D eigenvalue weighted by Gasteiger charge is 2.74. The smallest absolute Gasteiger partial charge is 0.411 e. The summed E-state index contributed by atoms with van der Waals surface area (Å²) in [5.74, 6) is -4.86. The first-order chi connectivity index (χ1) is 30.4. The molecule has 6 amide bonds. The van der Waals surface area contributed by atoms with Gasteiger partial charge in [0.1, 0.15) is 10.0 Å². The first-order valence-electron chi connectivity index (χ1n) is 22.4. The highest BCUT2D eigenvalue weighted by Crippen LogP contribution is 2.63. The van der Waals surface area contributed by atoms with Gasteiger partial charge in [-0.05, 0) is 68.1 Å². The maximum atomic E-state index is 15.0. The molecule has 8 N–H and O–H groups in total. The number of likely N-dealkylation sites (tertiary alicyclic amines) is 2. The lowest BCUT2D eigenvalue weighted by Crippen LogP contribution is -2.73. The number of anilines is 1. The van der Waals surface area contributed by atoms with Crippen molar-refractivity contribution in [2.75, 3.05) is 18.0 Å². The van der Waals surface area contributed by atoms with Gasteiger partial charge in [0.2, 0.25) is 11.8 Å². The maximum Gasteiger partial charge on any atom is 0.411 e. The summed E-state index contributed by atoms with van der Waals surface area (Å²) < 4.78 is 0. The molecule has 3 saturated heterocycles. The Balaban J connectivity index is 1.33. The van der Waals surface area contributed by atoms with Gasteiger partial charge in [-0.3, -0.25) is 39.6 Å². The summed E-state index contributed by atoms with van der Waals surface area (Å²) in [6, 6.07) is 7.33. The van der Waals surface area contributed by atoms with E-state index in [1.54, 1.807) is 27.7 Å². The van der Waals surface area contributed by atoms with Crippen LogP contribution in [0.1, 0.15) is 121 Å². The lowest BCUT2D eigenvalue weighted by atomic mass is 9.61. The fourth-order valence-corrected chi connectivity index (χ4v) is 15.6. The maximum absolute atomic E-state index is 15.0. The highest BCUT2D eigenvalue weighted by atomic mass is 32.1. The van der Waals surface area contributed by atoms with Crippen LogP contribution in [0.25, 0.3) is 0 Å². The molecule has 1 aromatic carbocycles. The lowest BCUT2D eigenvalue weighted by molar-refractivity contribution is -0.147. The highest BCUT2D eigenvalue weighted by molar-refractivity contribution is 7.10. The van der Waals surface area contributed by atoms with Gasteiger partial charge in [-0.2, -0.15) is 0 Å². The zero-order chi connectivity index (χ0) is 47.6. The van der Waals surface area contributed by atoms with E-state index in [0.29, 0.717) is 66.6 Å². The van der Waals surface area contributed by atoms with Crippen LogP contribution < -0.4 is 27.0 Å². The summed E-state index contributed by atoms with van der Waals surface area (Å²) in [7, 11) is 0. The molecule has 5 aliphatic heterocycles. The van der Waals surface area contributed by atoms with E-state index in [0.717, 1.165) is 11.3 Å². The molecule has 3 aromatic rings. The van der Waals surface area contributed by atoms with Gasteiger partial charge in [0, 0.05) is 59.5 Å². The van der Waals surface area contributed by atoms with Crippen LogP contribution in [0.2, 0.25) is 0 Å². The van der Waals surface area contributed by atoms with Crippen molar-refractivity contribution in [2.45, 2.75) is 145 Å². The molecular weight excluding hydrogens is 871 g/mol. The third-order valence-electron chi connectivity index (χ3n) is 16.9. The number of rotatable bonds is 11. The molecule has 8 rings (SSSR count). The van der Waals surface area contributed by atoms with Crippen molar-refractivity contribution in [3.63, 3.8) is 0 Å². The van der Waals surface area contributed by atoms with Crippen LogP contribution in [0, 0.1) is 17.8 Å². The average Bonchev–Trinajstić information content (AvgIpc) is 4.09. The number of nitrogens with two attached hydrogens (primary N) is 2. The van der Waals surface area contributed by atoms with Gasteiger partial charge in [-0.1, -0.05) is 67.5 Å². The predicted molar refractivity (Wildman–Crippen MR) is 244 cm³/mol. The van der Waals surface area contributed by atoms with Crippen molar-refractivity contribution in [3.05, 3.63) is 62.0 Å². The summed E-state index contributed by atoms with van der Waals surface area (Å²) in [6.07, 6.45) is 0.0994. The molecule has 5 unspecified atom stereocenters. The molecule has 3 fully saturated rings. The summed E-state index contributed by atoms with van der Waals surface area (Å²) >= 11 is 2.52. The number of nitrogens with zero attached hydrogens (tertiary/aromatic N) is 5. The summed E-state index contributed by atoms with van der Waals surface area (Å²) in [5.41, 5.74) is 8.07. The van der Waals surface area contributed by atoms with Crippen molar-refractivity contribution in [2.24, 2.45) is 29.2 Å². The van der Waals surface area contributed by atoms with E-state index in [1.807, 2.05) is 10.8 Å². The van der Waals surface area contributed by atoms with Crippen molar-refractivity contribution in [1.82, 2.24) is 30.4 Å². The molecular formula is C46H61N9O8S2. The first-order valence-corrected chi connectivity index (χ1v) is 24.2. The van der Waals surface area contributed by atoms with Crippen LogP contribution in [-0.4, -0.2) is 103 Å². The SMILES string of the molecule is CC1C[C@H](C2CCCN2[C@@]2(C(=O)NC(=O)O)c3nc(cs3)[C@@]2(C)C(C)C(N)=O)N(c2ccc(C(C)(C)C)cc2)[C@@]1(C)C1CCCN1[C@@]1(C(=O)NC(=O)O)c2nc(cs2)[C@@]1(C)C(C)C(N)=O. The zero-order valence-electron chi connectivity index (χ0n) is 38.4. The molecule has 4 bridgehead atoms. The predicted octanol–water partition coefficient (Wildman–Crippen LogP) is 4.96. The minimum absolute atomic E-state index is 0.108. The molecule has 0 saturated carbocycles. The second kappa shape index (κ2) is 15.6. The third kappa shape index (κ3) is 6.12. The summed E-state index contributed by atoms with van der Waals surface area (Å²) in [6.45, 7) is 18.5. The van der Waals surface area contributed by atoms with E-state index in [2.05, 4.69) is 84.2 Å².